The summed E-state index contributed by atoms with van der Waals surface area (Å²) in [6.07, 6.45) is 2.19. The Morgan fingerprint density at radius 3 is 2.62 bits per heavy atom. The molecule has 7 heteroatoms. The van der Waals surface area contributed by atoms with Gasteiger partial charge in [0.25, 0.3) is 0 Å². The van der Waals surface area contributed by atoms with E-state index in [0.717, 1.165) is 12.1 Å². The highest BCUT2D eigenvalue weighted by atomic mass is 35.5. The number of benzene rings is 1. The summed E-state index contributed by atoms with van der Waals surface area (Å²) in [6.45, 7) is 0. The Labute approximate surface area is 126 Å². The molecule has 21 heavy (non-hydrogen) atoms. The van der Waals surface area contributed by atoms with Gasteiger partial charge in [-0.1, -0.05) is 23.7 Å². The summed E-state index contributed by atoms with van der Waals surface area (Å²) in [5.74, 6) is -0.716. The van der Waals surface area contributed by atoms with E-state index in [1.54, 1.807) is 12.1 Å². The van der Waals surface area contributed by atoms with E-state index < -0.39 is 20.6 Å². The number of hydrogen-bond donors (Lipinski definition) is 0. The van der Waals surface area contributed by atoms with E-state index in [2.05, 4.69) is 4.98 Å². The van der Waals surface area contributed by atoms with Gasteiger partial charge in [0, 0.05) is 11.8 Å². The molecule has 0 N–H and O–H groups in total. The molecule has 0 spiro atoms. The minimum atomic E-state index is -4.12. The van der Waals surface area contributed by atoms with Gasteiger partial charge in [-0.15, -0.1) is 0 Å². The van der Waals surface area contributed by atoms with Crippen LogP contribution >= 0.6 is 11.6 Å². The Kier molecular flexibility index (Phi) is 4.36. The molecular formula is C14H8ClFN2O2S. The van der Waals surface area contributed by atoms with Crippen molar-refractivity contribution in [3.63, 3.8) is 0 Å². The van der Waals surface area contributed by atoms with Crippen molar-refractivity contribution in [3.8, 4) is 6.07 Å². The van der Waals surface area contributed by atoms with Crippen LogP contribution in [0.15, 0.2) is 52.5 Å². The van der Waals surface area contributed by atoms with E-state index in [9.17, 15) is 12.8 Å². The van der Waals surface area contributed by atoms with Crippen LogP contribution in [0.3, 0.4) is 0 Å². The standard InChI is InChI=1S/C14H8ClFN2O2S/c15-12-4-3-5-13(16)11(12)8-10(9-17)21(19,20)14-6-1-2-7-18-14/h1-8H/b10-8+. The van der Waals surface area contributed by atoms with Crippen LogP contribution in [0.5, 0.6) is 0 Å². The van der Waals surface area contributed by atoms with Crippen molar-refractivity contribution in [1.29, 1.82) is 5.26 Å². The van der Waals surface area contributed by atoms with Crippen molar-refractivity contribution in [2.45, 2.75) is 5.03 Å². The first-order valence-electron chi connectivity index (χ1n) is 5.69. The van der Waals surface area contributed by atoms with Crippen molar-refractivity contribution in [3.05, 3.63) is 63.9 Å². The fourth-order valence-electron chi connectivity index (χ4n) is 1.57. The summed E-state index contributed by atoms with van der Waals surface area (Å²) in [4.78, 5) is 3.07. The summed E-state index contributed by atoms with van der Waals surface area (Å²) in [5.41, 5.74) is -0.157. The predicted octanol–water partition coefficient (Wildman–Crippen LogP) is 3.21. The zero-order valence-electron chi connectivity index (χ0n) is 10.5. The number of halogens is 2. The van der Waals surface area contributed by atoms with E-state index in [0.29, 0.717) is 0 Å². The number of sulfone groups is 1. The van der Waals surface area contributed by atoms with Crippen molar-refractivity contribution in [1.82, 2.24) is 4.98 Å². The number of hydrogen-bond acceptors (Lipinski definition) is 4. The summed E-state index contributed by atoms with van der Waals surface area (Å²) in [7, 11) is -4.12. The third-order valence-corrected chi connectivity index (χ3v) is 4.50. The maximum atomic E-state index is 13.7. The largest absolute Gasteiger partial charge is 0.244 e. The van der Waals surface area contributed by atoms with Gasteiger partial charge in [0.05, 0.1) is 5.02 Å². The van der Waals surface area contributed by atoms with Gasteiger partial charge >= 0.3 is 0 Å². The number of nitriles is 1. The quantitative estimate of drug-likeness (QED) is 0.813. The molecule has 2 aromatic rings. The molecule has 1 aromatic heterocycles. The van der Waals surface area contributed by atoms with Crippen molar-refractivity contribution in [2.75, 3.05) is 0 Å². The number of nitrogens with zero attached hydrogens (tertiary/aromatic N) is 2. The highest BCUT2D eigenvalue weighted by Crippen LogP contribution is 2.25. The monoisotopic (exact) mass is 322 g/mol. The second-order valence-electron chi connectivity index (χ2n) is 3.93. The first-order chi connectivity index (χ1) is 9.96. The van der Waals surface area contributed by atoms with Gasteiger partial charge < -0.3 is 0 Å². The lowest BCUT2D eigenvalue weighted by molar-refractivity contribution is 0.599. The smallest absolute Gasteiger partial charge is 0.233 e. The molecule has 0 unspecified atom stereocenters. The molecule has 4 nitrogen and oxygen atoms in total. The third kappa shape index (κ3) is 3.10. The fraction of sp³-hybridized carbons (Fsp3) is 0. The Balaban J connectivity index is 2.61. The van der Waals surface area contributed by atoms with Gasteiger partial charge in [-0.25, -0.2) is 17.8 Å². The highest BCUT2D eigenvalue weighted by Gasteiger charge is 2.22. The first kappa shape index (κ1) is 15.2. The van der Waals surface area contributed by atoms with Gasteiger partial charge in [0.1, 0.15) is 11.9 Å². The maximum Gasteiger partial charge on any atom is 0.233 e. The Hall–Kier alpha value is -2.23. The van der Waals surface area contributed by atoms with Crippen molar-refractivity contribution >= 4 is 27.5 Å². The fourth-order valence-corrected chi connectivity index (χ4v) is 2.86. The molecule has 0 radical (unpaired) electrons. The third-order valence-electron chi connectivity index (χ3n) is 2.59. The molecule has 0 aliphatic heterocycles. The Morgan fingerprint density at radius 1 is 1.29 bits per heavy atom. The van der Waals surface area contributed by atoms with Crippen LogP contribution in [0.1, 0.15) is 5.56 Å². The average Bonchev–Trinajstić information content (AvgIpc) is 2.47. The van der Waals surface area contributed by atoms with E-state index >= 15 is 0 Å². The van der Waals surface area contributed by atoms with E-state index in [4.69, 9.17) is 16.9 Å². The Morgan fingerprint density at radius 2 is 2.05 bits per heavy atom. The summed E-state index contributed by atoms with van der Waals surface area (Å²) in [5, 5.41) is 8.80. The van der Waals surface area contributed by atoms with Crippen LogP contribution in [-0.4, -0.2) is 13.4 Å². The highest BCUT2D eigenvalue weighted by molar-refractivity contribution is 7.95. The van der Waals surface area contributed by atoms with Crippen LogP contribution in [-0.2, 0) is 9.84 Å². The molecule has 0 aliphatic carbocycles. The SMILES string of the molecule is N#C/C(=C\c1c(F)cccc1Cl)S(=O)(=O)c1ccccn1. The lowest BCUT2D eigenvalue weighted by atomic mass is 10.2. The number of aromatic nitrogens is 1. The topological polar surface area (TPSA) is 70.8 Å². The zero-order chi connectivity index (χ0) is 15.5. The molecule has 1 aromatic carbocycles. The molecule has 0 saturated carbocycles. The molecule has 0 amide bonds. The normalized spacial score (nSPS) is 12.0. The minimum Gasteiger partial charge on any atom is -0.244 e. The van der Waals surface area contributed by atoms with Gasteiger partial charge in [-0.3, -0.25) is 0 Å². The van der Waals surface area contributed by atoms with Gasteiger partial charge in [0.15, 0.2) is 9.93 Å². The molecule has 0 bridgehead atoms. The Bertz CT molecular complexity index is 823. The van der Waals surface area contributed by atoms with Gasteiger partial charge in [-0.2, -0.15) is 5.26 Å². The van der Waals surface area contributed by atoms with E-state index in [-0.39, 0.29) is 15.6 Å². The lowest BCUT2D eigenvalue weighted by Crippen LogP contribution is -2.05. The van der Waals surface area contributed by atoms with Crippen LogP contribution in [0.4, 0.5) is 4.39 Å². The maximum absolute atomic E-state index is 13.7. The zero-order valence-corrected chi connectivity index (χ0v) is 12.1. The number of pyridine rings is 1. The molecule has 0 saturated heterocycles. The van der Waals surface area contributed by atoms with Crippen LogP contribution in [0.25, 0.3) is 6.08 Å². The van der Waals surface area contributed by atoms with E-state index in [1.165, 1.54) is 30.5 Å². The second-order valence-corrected chi connectivity index (χ2v) is 6.20. The lowest BCUT2D eigenvalue weighted by Gasteiger charge is -2.04. The molecule has 0 aliphatic rings. The first-order valence-corrected chi connectivity index (χ1v) is 7.55. The molecule has 0 fully saturated rings. The number of allylic oxidation sites excluding steroid dienone is 1. The molecular weight excluding hydrogens is 315 g/mol. The predicted molar refractivity (Wildman–Crippen MR) is 76.4 cm³/mol. The summed E-state index contributed by atoms with van der Waals surface area (Å²) in [6, 6.07) is 9.74. The molecule has 0 atom stereocenters. The summed E-state index contributed by atoms with van der Waals surface area (Å²) < 4.78 is 38.2. The minimum absolute atomic E-state index is 0.0129. The van der Waals surface area contributed by atoms with E-state index in [1.807, 2.05) is 0 Å². The van der Waals surface area contributed by atoms with Crippen LogP contribution in [0, 0.1) is 17.1 Å². The van der Waals surface area contributed by atoms with Gasteiger partial charge in [-0.05, 0) is 30.3 Å². The van der Waals surface area contributed by atoms with Crippen LogP contribution < -0.4 is 0 Å². The molecule has 2 rings (SSSR count). The average molecular weight is 323 g/mol. The molecule has 1 heterocycles. The molecule has 106 valence electrons. The number of rotatable bonds is 3. The summed E-state index contributed by atoms with van der Waals surface area (Å²) >= 11 is 5.82. The second kappa shape index (κ2) is 6.04. The van der Waals surface area contributed by atoms with Crippen molar-refractivity contribution < 1.29 is 12.8 Å². The van der Waals surface area contributed by atoms with Gasteiger partial charge in [0.2, 0.25) is 9.84 Å². The van der Waals surface area contributed by atoms with Crippen LogP contribution in [0.2, 0.25) is 5.02 Å². The van der Waals surface area contributed by atoms with Crippen molar-refractivity contribution in [2.24, 2.45) is 0 Å².